The molecule has 2 rings (SSSR count). The second kappa shape index (κ2) is 6.59. The number of unbranched alkanes of at least 4 members (excludes halogenated alkanes) is 4. The molecule has 0 saturated carbocycles. The fraction of sp³-hybridized carbons (Fsp3) is 0.500. The first-order valence-electron chi connectivity index (χ1n) is 6.60. The number of hydrogen-bond donors (Lipinski definition) is 1. The Morgan fingerprint density at radius 2 is 2.11 bits per heavy atom. The zero-order valence-electron chi connectivity index (χ0n) is 10.8. The van der Waals surface area contributed by atoms with Gasteiger partial charge in [0.2, 0.25) is 5.88 Å². The summed E-state index contributed by atoms with van der Waals surface area (Å²) in [6.07, 6.45) is 7.26. The molecule has 0 amide bonds. The summed E-state index contributed by atoms with van der Waals surface area (Å²) in [5.41, 5.74) is 7.87. The summed E-state index contributed by atoms with van der Waals surface area (Å²) in [7, 11) is 0. The topological polar surface area (TPSA) is 52.0 Å². The third-order valence-electron chi connectivity index (χ3n) is 3.07. The van der Waals surface area contributed by atoms with Gasteiger partial charge in [-0.15, -0.1) is 11.3 Å². The standard InChI is InChI=1S/C14H20N2OS/c1-2-3-4-5-6-8-11-13(14(15)17-16-11)12-9-7-10-18-12/h7,9-10H,2-6,8,15H2,1H3. The van der Waals surface area contributed by atoms with E-state index in [9.17, 15) is 0 Å². The molecular formula is C14H20N2OS. The van der Waals surface area contributed by atoms with E-state index in [0.29, 0.717) is 5.88 Å². The summed E-state index contributed by atoms with van der Waals surface area (Å²) >= 11 is 1.68. The summed E-state index contributed by atoms with van der Waals surface area (Å²) in [6, 6.07) is 4.09. The largest absolute Gasteiger partial charge is 0.367 e. The highest BCUT2D eigenvalue weighted by Gasteiger charge is 2.15. The highest BCUT2D eigenvalue weighted by Crippen LogP contribution is 2.33. The van der Waals surface area contributed by atoms with E-state index in [4.69, 9.17) is 10.3 Å². The van der Waals surface area contributed by atoms with Crippen LogP contribution in [-0.2, 0) is 6.42 Å². The Balaban J connectivity index is 1.97. The van der Waals surface area contributed by atoms with Crippen molar-refractivity contribution in [2.24, 2.45) is 0 Å². The molecule has 0 fully saturated rings. The number of aromatic nitrogens is 1. The summed E-state index contributed by atoms with van der Waals surface area (Å²) in [5.74, 6) is 0.445. The van der Waals surface area contributed by atoms with E-state index in [0.717, 1.165) is 29.0 Å². The summed E-state index contributed by atoms with van der Waals surface area (Å²) < 4.78 is 5.13. The fourth-order valence-corrected chi connectivity index (χ4v) is 2.89. The Morgan fingerprint density at radius 1 is 1.28 bits per heavy atom. The average Bonchev–Trinajstić information content (AvgIpc) is 2.98. The molecule has 0 atom stereocenters. The van der Waals surface area contributed by atoms with Crippen molar-refractivity contribution in [1.82, 2.24) is 5.16 Å². The van der Waals surface area contributed by atoms with Crippen LogP contribution in [0.2, 0.25) is 0 Å². The summed E-state index contributed by atoms with van der Waals surface area (Å²) in [6.45, 7) is 2.23. The lowest BCUT2D eigenvalue weighted by molar-refractivity contribution is 0.426. The Labute approximate surface area is 112 Å². The van der Waals surface area contributed by atoms with Crippen LogP contribution in [0.3, 0.4) is 0 Å². The third-order valence-corrected chi connectivity index (χ3v) is 3.96. The number of rotatable bonds is 7. The van der Waals surface area contributed by atoms with Crippen molar-refractivity contribution in [2.75, 3.05) is 5.73 Å². The van der Waals surface area contributed by atoms with Crippen LogP contribution in [0.5, 0.6) is 0 Å². The fourth-order valence-electron chi connectivity index (χ4n) is 2.09. The molecule has 0 aliphatic carbocycles. The highest BCUT2D eigenvalue weighted by atomic mass is 32.1. The number of nitrogens with zero attached hydrogens (tertiary/aromatic N) is 1. The number of nitrogens with two attached hydrogens (primary N) is 1. The molecule has 2 aromatic rings. The molecule has 2 aromatic heterocycles. The molecule has 0 bridgehead atoms. The molecule has 0 aliphatic rings. The van der Waals surface area contributed by atoms with Gasteiger partial charge in [-0.05, 0) is 24.3 Å². The predicted octanol–water partition coefficient (Wildman–Crippen LogP) is 4.50. The lowest BCUT2D eigenvalue weighted by Crippen LogP contribution is -1.90. The monoisotopic (exact) mass is 264 g/mol. The maximum absolute atomic E-state index is 5.86. The Bertz CT molecular complexity index is 462. The number of thiophene rings is 1. The van der Waals surface area contributed by atoms with Crippen molar-refractivity contribution >= 4 is 17.2 Å². The number of anilines is 1. The van der Waals surface area contributed by atoms with Crippen molar-refractivity contribution < 1.29 is 4.52 Å². The average molecular weight is 264 g/mol. The molecule has 0 radical (unpaired) electrons. The lowest BCUT2D eigenvalue weighted by atomic mass is 10.1. The molecule has 18 heavy (non-hydrogen) atoms. The first kappa shape index (κ1) is 13.1. The molecule has 4 heteroatoms. The summed E-state index contributed by atoms with van der Waals surface area (Å²) in [4.78, 5) is 1.15. The molecule has 98 valence electrons. The van der Waals surface area contributed by atoms with Crippen molar-refractivity contribution in [3.05, 3.63) is 23.2 Å². The lowest BCUT2D eigenvalue weighted by Gasteiger charge is -2.00. The van der Waals surface area contributed by atoms with E-state index < -0.39 is 0 Å². The van der Waals surface area contributed by atoms with E-state index in [1.807, 2.05) is 11.4 Å². The van der Waals surface area contributed by atoms with Crippen LogP contribution in [0.4, 0.5) is 5.88 Å². The van der Waals surface area contributed by atoms with E-state index >= 15 is 0 Å². The van der Waals surface area contributed by atoms with Crippen molar-refractivity contribution in [1.29, 1.82) is 0 Å². The molecule has 0 aliphatic heterocycles. The zero-order valence-corrected chi connectivity index (χ0v) is 11.6. The van der Waals surface area contributed by atoms with Gasteiger partial charge in [0.15, 0.2) is 0 Å². The van der Waals surface area contributed by atoms with Crippen LogP contribution in [0.1, 0.15) is 44.7 Å². The van der Waals surface area contributed by atoms with Gasteiger partial charge in [-0.3, -0.25) is 0 Å². The van der Waals surface area contributed by atoms with Crippen molar-refractivity contribution in [3.8, 4) is 10.4 Å². The first-order chi connectivity index (χ1) is 8.83. The number of aryl methyl sites for hydroxylation is 1. The molecule has 0 unspecified atom stereocenters. The van der Waals surface area contributed by atoms with Crippen LogP contribution >= 0.6 is 11.3 Å². The Morgan fingerprint density at radius 3 is 2.83 bits per heavy atom. The van der Waals surface area contributed by atoms with E-state index in [-0.39, 0.29) is 0 Å². The third kappa shape index (κ3) is 3.13. The highest BCUT2D eigenvalue weighted by molar-refractivity contribution is 7.13. The quantitative estimate of drug-likeness (QED) is 0.749. The minimum atomic E-state index is 0.445. The van der Waals surface area contributed by atoms with Crippen LogP contribution in [0.25, 0.3) is 10.4 Å². The van der Waals surface area contributed by atoms with Crippen LogP contribution < -0.4 is 5.73 Å². The number of nitrogen functional groups attached to an aromatic ring is 1. The maximum Gasteiger partial charge on any atom is 0.231 e. The SMILES string of the molecule is CCCCCCCc1noc(N)c1-c1cccs1. The van der Waals surface area contributed by atoms with Gasteiger partial charge in [0, 0.05) is 4.88 Å². The maximum atomic E-state index is 5.86. The smallest absolute Gasteiger partial charge is 0.231 e. The van der Waals surface area contributed by atoms with Crippen molar-refractivity contribution in [3.63, 3.8) is 0 Å². The summed E-state index contributed by atoms with van der Waals surface area (Å²) in [5, 5.41) is 6.14. The normalized spacial score (nSPS) is 10.9. The second-order valence-corrected chi connectivity index (χ2v) is 5.46. The Hall–Kier alpha value is -1.29. The van der Waals surface area contributed by atoms with E-state index in [1.165, 1.54) is 25.7 Å². The second-order valence-electron chi connectivity index (χ2n) is 4.51. The van der Waals surface area contributed by atoms with Gasteiger partial charge in [0.05, 0.1) is 11.3 Å². The predicted molar refractivity (Wildman–Crippen MR) is 76.7 cm³/mol. The molecule has 2 heterocycles. The molecule has 2 N–H and O–H groups in total. The molecular weight excluding hydrogens is 244 g/mol. The minimum Gasteiger partial charge on any atom is -0.367 e. The molecule has 0 saturated heterocycles. The zero-order chi connectivity index (χ0) is 12.8. The van der Waals surface area contributed by atoms with Crippen molar-refractivity contribution in [2.45, 2.75) is 45.4 Å². The van der Waals surface area contributed by atoms with Gasteiger partial charge >= 0.3 is 0 Å². The van der Waals surface area contributed by atoms with Gasteiger partial charge in [0.25, 0.3) is 0 Å². The van der Waals surface area contributed by atoms with E-state index in [2.05, 4.69) is 18.1 Å². The van der Waals surface area contributed by atoms with Gasteiger partial charge in [-0.1, -0.05) is 43.8 Å². The number of hydrogen-bond acceptors (Lipinski definition) is 4. The van der Waals surface area contributed by atoms with Gasteiger partial charge in [0.1, 0.15) is 0 Å². The molecule has 0 aromatic carbocycles. The molecule has 0 spiro atoms. The Kier molecular flexibility index (Phi) is 4.81. The van der Waals surface area contributed by atoms with Gasteiger partial charge in [-0.2, -0.15) is 0 Å². The van der Waals surface area contributed by atoms with Crippen LogP contribution in [0, 0.1) is 0 Å². The first-order valence-corrected chi connectivity index (χ1v) is 7.48. The minimum absolute atomic E-state index is 0.445. The van der Waals surface area contributed by atoms with Gasteiger partial charge < -0.3 is 10.3 Å². The van der Waals surface area contributed by atoms with Crippen LogP contribution in [-0.4, -0.2) is 5.16 Å². The molecule has 3 nitrogen and oxygen atoms in total. The van der Waals surface area contributed by atoms with Gasteiger partial charge in [-0.25, -0.2) is 0 Å². The van der Waals surface area contributed by atoms with E-state index in [1.54, 1.807) is 11.3 Å². The van der Waals surface area contributed by atoms with Crippen LogP contribution in [0.15, 0.2) is 22.0 Å².